The van der Waals surface area contributed by atoms with Crippen molar-refractivity contribution < 1.29 is 34.9 Å². The van der Waals surface area contributed by atoms with E-state index in [9.17, 15) is 30.4 Å². The second-order valence-electron chi connectivity index (χ2n) is 8.01. The fourth-order valence-electron chi connectivity index (χ4n) is 3.55. The van der Waals surface area contributed by atoms with Crippen LogP contribution in [0.1, 0.15) is 30.7 Å². The van der Waals surface area contributed by atoms with Crippen molar-refractivity contribution in [3.05, 3.63) is 36.0 Å². The molecule has 0 saturated heterocycles. The average molecular weight is 514 g/mol. The first-order chi connectivity index (χ1) is 16.3. The van der Waals surface area contributed by atoms with Gasteiger partial charge in [-0.05, 0) is 12.1 Å². The van der Waals surface area contributed by atoms with E-state index in [0.29, 0.717) is 6.20 Å². The quantitative estimate of drug-likeness (QED) is 0.367. The molecule has 0 radical (unpaired) electrons. The van der Waals surface area contributed by atoms with Crippen molar-refractivity contribution in [3.63, 3.8) is 0 Å². The Morgan fingerprint density at radius 2 is 1.89 bits per heavy atom. The van der Waals surface area contributed by atoms with Gasteiger partial charge >= 0.3 is 6.18 Å². The number of nitrogens with zero attached hydrogens (tertiary/aromatic N) is 6. The molecule has 4 aromatic heterocycles. The molecule has 1 unspecified atom stereocenters. The first-order valence-electron chi connectivity index (χ1n) is 10.2. The van der Waals surface area contributed by atoms with Crippen molar-refractivity contribution in [2.24, 2.45) is 7.05 Å². The molecule has 0 bridgehead atoms. The number of rotatable bonds is 5. The summed E-state index contributed by atoms with van der Waals surface area (Å²) in [5, 5.41) is 3.66. The van der Waals surface area contributed by atoms with Crippen molar-refractivity contribution in [2.45, 2.75) is 36.3 Å². The Hall–Kier alpha value is -3.49. The van der Waals surface area contributed by atoms with Gasteiger partial charge in [0, 0.05) is 31.4 Å². The van der Waals surface area contributed by atoms with Gasteiger partial charge in [0.1, 0.15) is 17.1 Å². The average Bonchev–Trinajstić information content (AvgIpc) is 3.14. The highest BCUT2D eigenvalue weighted by Gasteiger charge is 2.61. The van der Waals surface area contributed by atoms with Crippen LogP contribution in [0.5, 0.6) is 0 Å². The van der Waals surface area contributed by atoms with Gasteiger partial charge in [0.15, 0.2) is 21.3 Å². The summed E-state index contributed by atoms with van der Waals surface area (Å²) in [5.74, 6) is -4.87. The standard InChI is InChI=1S/C20H15F5N6O3S/c1-3-35(32,33)13-4-9(15-29-18(34-30-15)11-6-19(11,21)22)7-26-14(13)17-28-12-5-10(20(23,24)25)8-27-16(12)31(17)2/h4-5,7-8,11H,3,6H2,1-2H3. The number of alkyl halides is 5. The van der Waals surface area contributed by atoms with Crippen LogP contribution in [0.25, 0.3) is 34.1 Å². The lowest BCUT2D eigenvalue weighted by molar-refractivity contribution is -0.137. The summed E-state index contributed by atoms with van der Waals surface area (Å²) >= 11 is 0. The van der Waals surface area contributed by atoms with Crippen LogP contribution < -0.4 is 0 Å². The van der Waals surface area contributed by atoms with E-state index >= 15 is 0 Å². The number of sulfone groups is 1. The van der Waals surface area contributed by atoms with E-state index in [1.807, 2.05) is 0 Å². The molecule has 35 heavy (non-hydrogen) atoms. The smallest absolute Gasteiger partial charge is 0.338 e. The van der Waals surface area contributed by atoms with Crippen LogP contribution in [-0.2, 0) is 23.1 Å². The fraction of sp³-hybridized carbons (Fsp3) is 0.350. The Morgan fingerprint density at radius 1 is 1.17 bits per heavy atom. The molecule has 0 aromatic carbocycles. The third-order valence-electron chi connectivity index (χ3n) is 5.64. The summed E-state index contributed by atoms with van der Waals surface area (Å²) in [5.41, 5.74) is -1.05. The van der Waals surface area contributed by atoms with Gasteiger partial charge < -0.3 is 9.09 Å². The lowest BCUT2D eigenvalue weighted by Crippen LogP contribution is -2.09. The summed E-state index contributed by atoms with van der Waals surface area (Å²) in [4.78, 5) is 15.8. The van der Waals surface area contributed by atoms with Gasteiger partial charge in [-0.3, -0.25) is 4.98 Å². The number of halogens is 5. The number of aryl methyl sites for hydroxylation is 1. The molecule has 15 heteroatoms. The molecule has 184 valence electrons. The first-order valence-corrected chi connectivity index (χ1v) is 11.8. The normalized spacial score (nSPS) is 17.7. The number of fused-ring (bicyclic) bond motifs is 1. The largest absolute Gasteiger partial charge is 0.417 e. The topological polar surface area (TPSA) is 117 Å². The van der Waals surface area contributed by atoms with Crippen molar-refractivity contribution in [3.8, 4) is 22.9 Å². The minimum atomic E-state index is -4.64. The van der Waals surface area contributed by atoms with Crippen LogP contribution in [-0.4, -0.2) is 49.8 Å². The number of aromatic nitrogens is 6. The third-order valence-corrected chi connectivity index (χ3v) is 7.38. The Morgan fingerprint density at radius 3 is 2.51 bits per heavy atom. The zero-order valence-electron chi connectivity index (χ0n) is 18.0. The molecular weight excluding hydrogens is 499 g/mol. The van der Waals surface area contributed by atoms with Crippen LogP contribution >= 0.6 is 0 Å². The van der Waals surface area contributed by atoms with E-state index < -0.39 is 39.8 Å². The second-order valence-corrected chi connectivity index (χ2v) is 10.3. The molecule has 1 aliphatic rings. The summed E-state index contributed by atoms with van der Waals surface area (Å²) in [7, 11) is -2.47. The maximum Gasteiger partial charge on any atom is 0.417 e. The number of imidazole rings is 1. The molecule has 9 nitrogen and oxygen atoms in total. The number of hydrogen-bond donors (Lipinski definition) is 0. The Labute approximate surface area is 193 Å². The second kappa shape index (κ2) is 7.50. The van der Waals surface area contributed by atoms with Crippen molar-refractivity contribution in [1.29, 1.82) is 0 Å². The minimum absolute atomic E-state index is 0.0307. The SMILES string of the molecule is CCS(=O)(=O)c1cc(-c2noc(C3CC3(F)F)n2)cnc1-c1nc2cc(C(F)(F)F)cnc2n1C. The van der Waals surface area contributed by atoms with E-state index in [-0.39, 0.29) is 50.6 Å². The summed E-state index contributed by atoms with van der Waals surface area (Å²) in [6, 6.07) is 2.01. The molecule has 0 aliphatic heterocycles. The molecule has 1 aliphatic carbocycles. The number of pyridine rings is 2. The van der Waals surface area contributed by atoms with Gasteiger partial charge in [0.2, 0.25) is 11.7 Å². The maximum atomic E-state index is 13.3. The molecule has 5 rings (SSSR count). The maximum absolute atomic E-state index is 13.3. The van der Waals surface area contributed by atoms with Crippen LogP contribution in [0.4, 0.5) is 22.0 Å². The van der Waals surface area contributed by atoms with Crippen molar-refractivity contribution in [1.82, 2.24) is 29.7 Å². The Bertz CT molecular complexity index is 1580. The highest BCUT2D eigenvalue weighted by molar-refractivity contribution is 7.91. The van der Waals surface area contributed by atoms with Gasteiger partial charge in [-0.15, -0.1) is 0 Å². The lowest BCUT2D eigenvalue weighted by atomic mass is 10.2. The summed E-state index contributed by atoms with van der Waals surface area (Å²) in [6.45, 7) is 1.40. The molecular formula is C20H15F5N6O3S. The van der Waals surface area contributed by atoms with E-state index in [4.69, 9.17) is 4.52 Å². The van der Waals surface area contributed by atoms with Gasteiger partial charge in [-0.2, -0.15) is 18.2 Å². The van der Waals surface area contributed by atoms with Crippen LogP contribution in [0.3, 0.4) is 0 Å². The molecule has 1 atom stereocenters. The highest BCUT2D eigenvalue weighted by atomic mass is 32.2. The predicted octanol–water partition coefficient (Wildman–Crippen LogP) is 4.02. The zero-order chi connectivity index (χ0) is 25.3. The van der Waals surface area contributed by atoms with E-state index in [1.54, 1.807) is 0 Å². The molecule has 4 aromatic rings. The lowest BCUT2D eigenvalue weighted by Gasteiger charge is -2.10. The molecule has 1 fully saturated rings. The summed E-state index contributed by atoms with van der Waals surface area (Å²) in [6.07, 6.45) is -3.19. The predicted molar refractivity (Wildman–Crippen MR) is 110 cm³/mol. The highest BCUT2D eigenvalue weighted by Crippen LogP contribution is 2.55. The number of hydrogen-bond acceptors (Lipinski definition) is 8. The minimum Gasteiger partial charge on any atom is -0.338 e. The summed E-state index contributed by atoms with van der Waals surface area (Å²) < 4.78 is 97.9. The Kier molecular flexibility index (Phi) is 4.99. The molecule has 0 amide bonds. The van der Waals surface area contributed by atoms with E-state index in [2.05, 4.69) is 25.1 Å². The van der Waals surface area contributed by atoms with Crippen molar-refractivity contribution >= 4 is 21.0 Å². The zero-order valence-corrected chi connectivity index (χ0v) is 18.8. The molecule has 4 heterocycles. The monoisotopic (exact) mass is 514 g/mol. The van der Waals surface area contributed by atoms with E-state index in [0.717, 1.165) is 6.07 Å². The van der Waals surface area contributed by atoms with Crippen LogP contribution in [0.2, 0.25) is 0 Å². The van der Waals surface area contributed by atoms with Gasteiger partial charge in [-0.25, -0.2) is 27.2 Å². The van der Waals surface area contributed by atoms with Gasteiger partial charge in [0.25, 0.3) is 5.92 Å². The van der Waals surface area contributed by atoms with Crippen LogP contribution in [0, 0.1) is 0 Å². The third kappa shape index (κ3) is 3.92. The first kappa shape index (κ1) is 23.3. The fourth-order valence-corrected chi connectivity index (χ4v) is 4.60. The molecule has 0 N–H and O–H groups in total. The van der Waals surface area contributed by atoms with E-state index in [1.165, 1.54) is 30.8 Å². The van der Waals surface area contributed by atoms with Crippen molar-refractivity contribution in [2.75, 3.05) is 5.75 Å². The molecule has 0 spiro atoms. The Balaban J connectivity index is 1.63. The van der Waals surface area contributed by atoms with Gasteiger partial charge in [0.05, 0.1) is 16.2 Å². The molecule has 1 saturated carbocycles. The van der Waals surface area contributed by atoms with Gasteiger partial charge in [-0.1, -0.05) is 12.1 Å². The van der Waals surface area contributed by atoms with Crippen LogP contribution in [0.15, 0.2) is 33.9 Å².